The van der Waals surface area contributed by atoms with Crippen molar-refractivity contribution in [3.05, 3.63) is 0 Å². The number of hydrogen-bond acceptors (Lipinski definition) is 0. The van der Waals surface area contributed by atoms with E-state index in [1.807, 2.05) is 0 Å². The van der Waals surface area contributed by atoms with Crippen LogP contribution in [0, 0.1) is 0 Å². The molecule has 8 heavy (non-hydrogen) atoms. The molecule has 0 saturated carbocycles. The molecule has 1 atom stereocenters. The van der Waals surface area contributed by atoms with Crippen LogP contribution in [0.3, 0.4) is 0 Å². The van der Waals surface area contributed by atoms with Gasteiger partial charge in [-0.1, -0.05) is 0 Å². The molecule has 0 radical (unpaired) electrons. The van der Waals surface area contributed by atoms with Crippen molar-refractivity contribution in [1.29, 1.82) is 0 Å². The first-order valence-electron chi connectivity index (χ1n) is 0.204. The van der Waals surface area contributed by atoms with Crippen molar-refractivity contribution in [2.24, 2.45) is 0 Å². The molecule has 0 heterocycles. The second kappa shape index (κ2) is 1150. The van der Waals surface area contributed by atoms with E-state index in [1.54, 1.807) is 0 Å². The van der Waals surface area contributed by atoms with Gasteiger partial charge in [-0.05, 0) is 0 Å². The summed E-state index contributed by atoms with van der Waals surface area (Å²) in [5.41, 5.74) is 0. The Kier molecular flexibility index (Phi) is 29600. The molecule has 0 amide bonds. The molecule has 0 aliphatic carbocycles. The maximum absolute atomic E-state index is 3.17. The normalized spacial score (nSPS) is 0.750. The van der Waals surface area contributed by atoms with Gasteiger partial charge in [-0.15, -0.1) is 0 Å². The van der Waals surface area contributed by atoms with E-state index in [4.69, 9.17) is 0 Å². The van der Waals surface area contributed by atoms with Crippen molar-refractivity contribution in [3.63, 3.8) is 0 Å². The molecule has 0 N–H and O–H groups in total. The molecule has 0 spiro atoms. The van der Waals surface area contributed by atoms with Gasteiger partial charge in [0.05, 0.1) is 0 Å². The van der Waals surface area contributed by atoms with Gasteiger partial charge in [0.1, 0.15) is 0 Å². The van der Waals surface area contributed by atoms with Crippen LogP contribution >= 0.6 is 7.93 Å². The Morgan fingerprint density at radius 2 is 0.500 bits per heavy atom. The van der Waals surface area contributed by atoms with Crippen LogP contribution in [0.5, 0.6) is 0 Å². The quantitative estimate of drug-likeness (QED) is 0.319. The summed E-state index contributed by atoms with van der Waals surface area (Å²) < 4.78 is 0. The van der Waals surface area contributed by atoms with E-state index in [-0.39, 0.29) is 28.2 Å². The third kappa shape index (κ3) is 712. The van der Waals surface area contributed by atoms with Gasteiger partial charge in [0, 0.05) is 0 Å². The summed E-state index contributed by atoms with van der Waals surface area (Å²) in [5.74, 6) is 0. The van der Waals surface area contributed by atoms with Crippen LogP contribution < -0.4 is 0 Å². The topological polar surface area (TPSA) is 0 Å². The van der Waals surface area contributed by atoms with Crippen molar-refractivity contribution in [3.8, 4) is 0 Å². The van der Waals surface area contributed by atoms with Gasteiger partial charge < -0.3 is 0 Å². The standard InChI is InChI=1S/6FH.Fe.H2P/h6*1H;;1H2/q;;;;;;+1;-1. The first kappa shape index (κ1) is 207. The molecule has 0 nitrogen and oxygen atoms in total. The number of halogens is 6. The fourth-order valence-corrected chi connectivity index (χ4v) is 0. The Labute approximate surface area is 52.6 Å². The van der Waals surface area contributed by atoms with E-state index in [9.17, 15) is 0 Å². The molecule has 0 rings (SSSR count). The monoisotopic (exact) mass is 209 g/mol. The zero-order valence-electron chi connectivity index (χ0n) is 3.38. The van der Waals surface area contributed by atoms with Crippen LogP contribution in [0.4, 0.5) is 28.2 Å². The maximum atomic E-state index is 3.17. The third-order valence-corrected chi connectivity index (χ3v) is 0. The van der Waals surface area contributed by atoms with Crippen molar-refractivity contribution in [2.45, 2.75) is 0 Å². The van der Waals surface area contributed by atoms with Gasteiger partial charge in [0.25, 0.3) is 0 Å². The Hall–Kier alpha value is 0.529. The Morgan fingerprint density at radius 1 is 0.500 bits per heavy atom. The van der Waals surface area contributed by atoms with Crippen LogP contribution in [-0.4, -0.2) is 0 Å². The molecule has 0 aromatic rings. The molecule has 0 saturated heterocycles. The molecule has 8 heteroatoms. The Balaban J connectivity index is -0.000000000333. The van der Waals surface area contributed by atoms with Crippen LogP contribution in [0.25, 0.3) is 0 Å². The number of rotatable bonds is 0. The summed E-state index contributed by atoms with van der Waals surface area (Å²) in [5, 5.41) is 0. The molecular weight excluding hydrogens is 201 g/mol. The van der Waals surface area contributed by atoms with Gasteiger partial charge in [0.2, 0.25) is 0 Å². The Morgan fingerprint density at radius 3 is 0.500 bits per heavy atom. The van der Waals surface area contributed by atoms with Crippen LogP contribution in [-0.2, 0) is 15.6 Å². The summed E-state index contributed by atoms with van der Waals surface area (Å²) in [6.07, 6.45) is 0. The summed E-state index contributed by atoms with van der Waals surface area (Å²) in [6.45, 7) is 0. The van der Waals surface area contributed by atoms with E-state index in [2.05, 4.69) is 23.5 Å². The predicted molar refractivity (Wildman–Crippen MR) is 24.7 cm³/mol. The van der Waals surface area contributed by atoms with E-state index < -0.39 is 0 Å². The third-order valence-electron chi connectivity index (χ3n) is 0. The van der Waals surface area contributed by atoms with E-state index in [1.165, 1.54) is 0 Å². The minimum atomic E-state index is 0. The van der Waals surface area contributed by atoms with E-state index >= 15 is 0 Å². The summed E-state index contributed by atoms with van der Waals surface area (Å²) in [6, 6.07) is 0. The van der Waals surface area contributed by atoms with Crippen molar-refractivity contribution in [2.75, 3.05) is 0 Å². The van der Waals surface area contributed by atoms with Gasteiger partial charge in [-0.25, -0.2) is 0 Å². The second-order valence-electron chi connectivity index (χ2n) is 0. The molecule has 0 bridgehead atoms. The van der Waals surface area contributed by atoms with Crippen LogP contribution in [0.2, 0.25) is 0 Å². The minimum absolute atomic E-state index is 0. The average molecular weight is 209 g/mol. The summed E-state index contributed by atoms with van der Waals surface area (Å²) >= 11 is 3.17. The first-order valence-corrected chi connectivity index (χ1v) is 2.52. The molecule has 0 fully saturated rings. The fourth-order valence-electron chi connectivity index (χ4n) is 0. The molecule has 0 aromatic heterocycles. The molecule has 0 aliphatic rings. The van der Waals surface area contributed by atoms with Crippen LogP contribution in [0.15, 0.2) is 0 Å². The van der Waals surface area contributed by atoms with Gasteiger partial charge in [-0.3, -0.25) is 28.2 Å². The van der Waals surface area contributed by atoms with Gasteiger partial charge in [0.15, 0.2) is 0 Å². The number of hydrogen-bond donors (Lipinski definition) is 0. The van der Waals surface area contributed by atoms with Crippen molar-refractivity contribution >= 4 is 7.93 Å². The molecule has 1 unspecified atom stereocenters. The zero-order chi connectivity index (χ0) is 2.00. The molecule has 0 aliphatic heterocycles. The van der Waals surface area contributed by atoms with E-state index in [0.29, 0.717) is 0 Å². The summed E-state index contributed by atoms with van der Waals surface area (Å²) in [4.78, 5) is 0. The van der Waals surface area contributed by atoms with Crippen molar-refractivity contribution < 1.29 is 43.8 Å². The predicted octanol–water partition coefficient (Wildman–Crippen LogP) is 1.24. The zero-order valence-corrected chi connectivity index (χ0v) is 5.64. The van der Waals surface area contributed by atoms with Crippen LogP contribution in [0.1, 0.15) is 0 Å². The summed E-state index contributed by atoms with van der Waals surface area (Å²) in [7, 11) is 2.17. The fraction of sp³-hybridized carbons (Fsp3) is 0. The SMILES string of the molecule is F.F.F.F.F.F.[PH2][Fe]. The van der Waals surface area contributed by atoms with Crippen molar-refractivity contribution in [1.82, 2.24) is 0 Å². The molecule has 0 aromatic carbocycles. The second-order valence-corrected chi connectivity index (χ2v) is 0. The first-order chi connectivity index (χ1) is 1.00. The average Bonchev–Trinajstić information content (AvgIpc) is 1.00. The molecular formula is H8F6FeP. The van der Waals surface area contributed by atoms with E-state index in [0.717, 1.165) is 0 Å². The van der Waals surface area contributed by atoms with Gasteiger partial charge in [-0.2, -0.15) is 0 Å². The van der Waals surface area contributed by atoms with Gasteiger partial charge >= 0.3 is 23.5 Å². The Bertz CT molecular complexity index is 8.49. The molecule has 63 valence electrons.